The summed E-state index contributed by atoms with van der Waals surface area (Å²) in [6, 6.07) is 11.2. The van der Waals surface area contributed by atoms with E-state index in [1.165, 1.54) is 0 Å². The normalized spacial score (nSPS) is 13.9. The number of piperazine rings is 1. The Morgan fingerprint density at radius 3 is 2.43 bits per heavy atom. The second-order valence-electron chi connectivity index (χ2n) is 6.30. The smallest absolute Gasteiger partial charge is 0.409 e. The van der Waals surface area contributed by atoms with Crippen molar-refractivity contribution in [2.24, 2.45) is 0 Å². The fourth-order valence-corrected chi connectivity index (χ4v) is 3.11. The predicted molar refractivity (Wildman–Crippen MR) is 107 cm³/mol. The lowest BCUT2D eigenvalue weighted by molar-refractivity contribution is 0.0983. The summed E-state index contributed by atoms with van der Waals surface area (Å²) < 4.78 is 5.04. The molecule has 0 bridgehead atoms. The van der Waals surface area contributed by atoms with Gasteiger partial charge < -0.3 is 19.4 Å². The summed E-state index contributed by atoms with van der Waals surface area (Å²) in [5, 5.41) is 0. The molecule has 0 atom stereocenters. The van der Waals surface area contributed by atoms with Crippen LogP contribution in [0.5, 0.6) is 0 Å². The van der Waals surface area contributed by atoms with E-state index in [1.54, 1.807) is 29.0 Å². The molecule has 1 fully saturated rings. The van der Waals surface area contributed by atoms with Gasteiger partial charge in [-0.3, -0.25) is 4.79 Å². The maximum absolute atomic E-state index is 13.0. The first-order valence-electron chi connectivity index (χ1n) is 9.50. The first-order valence-corrected chi connectivity index (χ1v) is 9.50. The molecule has 28 heavy (non-hydrogen) atoms. The van der Waals surface area contributed by atoms with Crippen molar-refractivity contribution in [2.75, 3.05) is 49.1 Å². The molecule has 0 N–H and O–H groups in total. The summed E-state index contributed by atoms with van der Waals surface area (Å²) in [5.74, 6) is 0.334. The minimum Gasteiger partial charge on any atom is -0.450 e. The van der Waals surface area contributed by atoms with Crippen molar-refractivity contribution in [1.82, 2.24) is 14.9 Å². The number of nitrogens with zero attached hydrogens (tertiary/aromatic N) is 5. The molecule has 0 unspecified atom stereocenters. The maximum atomic E-state index is 13.0. The number of para-hydroxylation sites is 1. The number of aromatic nitrogens is 2. The SMILES string of the molecule is CCOC(=O)N1CCN(c2nccc(C(=O)N(CC)c3ccccc3)n2)CC1. The van der Waals surface area contributed by atoms with Gasteiger partial charge in [-0.25, -0.2) is 14.8 Å². The monoisotopic (exact) mass is 383 g/mol. The summed E-state index contributed by atoms with van der Waals surface area (Å²) in [6.45, 7) is 6.87. The van der Waals surface area contributed by atoms with Gasteiger partial charge in [0.2, 0.25) is 5.95 Å². The molecule has 0 saturated carbocycles. The van der Waals surface area contributed by atoms with Gasteiger partial charge in [-0.05, 0) is 32.0 Å². The molecule has 0 spiro atoms. The highest BCUT2D eigenvalue weighted by Crippen LogP contribution is 2.17. The van der Waals surface area contributed by atoms with Crippen LogP contribution in [0.15, 0.2) is 42.6 Å². The Hall–Kier alpha value is -3.16. The first-order chi connectivity index (χ1) is 13.6. The van der Waals surface area contributed by atoms with Gasteiger partial charge in [0.15, 0.2) is 0 Å². The highest BCUT2D eigenvalue weighted by molar-refractivity contribution is 6.04. The molecule has 1 aliphatic heterocycles. The molecule has 1 aromatic carbocycles. The van der Waals surface area contributed by atoms with Crippen molar-refractivity contribution in [1.29, 1.82) is 0 Å². The number of anilines is 2. The van der Waals surface area contributed by atoms with Crippen LogP contribution in [0.2, 0.25) is 0 Å². The van der Waals surface area contributed by atoms with Gasteiger partial charge in [-0.15, -0.1) is 0 Å². The number of carbonyl (C=O) groups is 2. The minimum absolute atomic E-state index is 0.164. The fourth-order valence-electron chi connectivity index (χ4n) is 3.11. The summed E-state index contributed by atoms with van der Waals surface area (Å²) in [4.78, 5) is 38.9. The Balaban J connectivity index is 1.70. The quantitative estimate of drug-likeness (QED) is 0.789. The van der Waals surface area contributed by atoms with Crippen molar-refractivity contribution >= 4 is 23.6 Å². The van der Waals surface area contributed by atoms with Crippen molar-refractivity contribution in [3.8, 4) is 0 Å². The standard InChI is InChI=1S/C20H25N5O3/c1-3-25(16-8-6-5-7-9-16)18(26)17-10-11-21-19(22-17)23-12-14-24(15-13-23)20(27)28-4-2/h5-11H,3-4,12-15H2,1-2H3. The number of carbonyl (C=O) groups excluding carboxylic acids is 2. The van der Waals surface area contributed by atoms with Crippen molar-refractivity contribution in [2.45, 2.75) is 13.8 Å². The van der Waals surface area contributed by atoms with Crippen LogP contribution in [-0.2, 0) is 4.74 Å². The van der Waals surface area contributed by atoms with Gasteiger partial charge in [0.1, 0.15) is 5.69 Å². The zero-order valence-electron chi connectivity index (χ0n) is 16.2. The molecule has 8 heteroatoms. The van der Waals surface area contributed by atoms with E-state index in [9.17, 15) is 9.59 Å². The molecular formula is C20H25N5O3. The predicted octanol–water partition coefficient (Wildman–Crippen LogP) is 2.42. The van der Waals surface area contributed by atoms with Crippen LogP contribution in [0.3, 0.4) is 0 Å². The van der Waals surface area contributed by atoms with Gasteiger partial charge in [-0.2, -0.15) is 0 Å². The van der Waals surface area contributed by atoms with Gasteiger partial charge in [0, 0.05) is 44.6 Å². The number of hydrogen-bond acceptors (Lipinski definition) is 6. The summed E-state index contributed by atoms with van der Waals surface area (Å²) in [7, 11) is 0. The molecule has 2 aromatic rings. The Kier molecular flexibility index (Phi) is 6.41. The third kappa shape index (κ3) is 4.39. The van der Waals surface area contributed by atoms with E-state index in [1.807, 2.05) is 42.2 Å². The minimum atomic E-state index is -0.298. The number of benzene rings is 1. The molecule has 0 aliphatic carbocycles. The Bertz CT molecular complexity index is 806. The maximum Gasteiger partial charge on any atom is 0.409 e. The summed E-state index contributed by atoms with van der Waals surface area (Å²) in [6.07, 6.45) is 1.31. The summed E-state index contributed by atoms with van der Waals surface area (Å²) >= 11 is 0. The average molecular weight is 383 g/mol. The Morgan fingerprint density at radius 2 is 1.79 bits per heavy atom. The van der Waals surface area contributed by atoms with E-state index in [-0.39, 0.29) is 12.0 Å². The van der Waals surface area contributed by atoms with E-state index in [0.717, 1.165) is 5.69 Å². The lowest BCUT2D eigenvalue weighted by Gasteiger charge is -2.34. The second-order valence-corrected chi connectivity index (χ2v) is 6.30. The van der Waals surface area contributed by atoms with Crippen LogP contribution in [0.25, 0.3) is 0 Å². The Labute approximate surface area is 164 Å². The van der Waals surface area contributed by atoms with Gasteiger partial charge >= 0.3 is 6.09 Å². The van der Waals surface area contributed by atoms with Gasteiger partial charge in [-0.1, -0.05) is 18.2 Å². The van der Waals surface area contributed by atoms with E-state index >= 15 is 0 Å². The molecular weight excluding hydrogens is 358 g/mol. The van der Waals surface area contributed by atoms with Crippen LogP contribution >= 0.6 is 0 Å². The van der Waals surface area contributed by atoms with E-state index in [0.29, 0.717) is 51.0 Å². The second kappa shape index (κ2) is 9.16. The lowest BCUT2D eigenvalue weighted by Crippen LogP contribution is -2.49. The molecule has 8 nitrogen and oxygen atoms in total. The molecule has 3 rings (SSSR count). The molecule has 2 amide bonds. The third-order valence-electron chi connectivity index (χ3n) is 4.58. The van der Waals surface area contributed by atoms with Gasteiger partial charge in [0.25, 0.3) is 5.91 Å². The topological polar surface area (TPSA) is 78.9 Å². The number of ether oxygens (including phenoxy) is 1. The van der Waals surface area contributed by atoms with E-state index in [2.05, 4.69) is 9.97 Å². The molecule has 1 aliphatic rings. The van der Waals surface area contributed by atoms with Crippen molar-refractivity contribution in [3.05, 3.63) is 48.3 Å². The number of hydrogen-bond donors (Lipinski definition) is 0. The van der Waals surface area contributed by atoms with Crippen molar-refractivity contribution < 1.29 is 14.3 Å². The zero-order chi connectivity index (χ0) is 19.9. The summed E-state index contributed by atoms with van der Waals surface area (Å²) in [5.41, 5.74) is 1.18. The Morgan fingerprint density at radius 1 is 1.07 bits per heavy atom. The average Bonchev–Trinajstić information content (AvgIpc) is 2.75. The number of rotatable bonds is 5. The largest absolute Gasteiger partial charge is 0.450 e. The van der Waals surface area contributed by atoms with E-state index in [4.69, 9.17) is 4.74 Å². The zero-order valence-corrected chi connectivity index (χ0v) is 16.2. The van der Waals surface area contributed by atoms with Crippen LogP contribution < -0.4 is 9.80 Å². The number of amides is 2. The lowest BCUT2D eigenvalue weighted by atomic mass is 10.2. The molecule has 1 saturated heterocycles. The van der Waals surface area contributed by atoms with Gasteiger partial charge in [0.05, 0.1) is 6.61 Å². The molecule has 2 heterocycles. The fraction of sp³-hybridized carbons (Fsp3) is 0.400. The van der Waals surface area contributed by atoms with Crippen molar-refractivity contribution in [3.63, 3.8) is 0 Å². The van der Waals surface area contributed by atoms with Crippen LogP contribution in [-0.4, -0.2) is 66.2 Å². The van der Waals surface area contributed by atoms with Crippen LogP contribution in [0, 0.1) is 0 Å². The first kappa shape index (κ1) is 19.6. The molecule has 1 aromatic heterocycles. The van der Waals surface area contributed by atoms with E-state index < -0.39 is 0 Å². The highest BCUT2D eigenvalue weighted by atomic mass is 16.6. The third-order valence-corrected chi connectivity index (χ3v) is 4.58. The van der Waals surface area contributed by atoms with Crippen LogP contribution in [0.1, 0.15) is 24.3 Å². The highest BCUT2D eigenvalue weighted by Gasteiger charge is 2.24. The molecule has 0 radical (unpaired) electrons. The van der Waals surface area contributed by atoms with Crippen LogP contribution in [0.4, 0.5) is 16.4 Å². The molecule has 148 valence electrons.